The first-order valence-electron chi connectivity index (χ1n) is 6.31. The summed E-state index contributed by atoms with van der Waals surface area (Å²) in [6, 6.07) is 10.2. The van der Waals surface area contributed by atoms with E-state index in [2.05, 4.69) is 29.5 Å². The summed E-state index contributed by atoms with van der Waals surface area (Å²) < 4.78 is 1.83. The molecule has 0 aliphatic carbocycles. The van der Waals surface area contributed by atoms with E-state index in [-0.39, 0.29) is 6.04 Å². The molecule has 3 nitrogen and oxygen atoms in total. The minimum Gasteiger partial charge on any atom is -0.308 e. The van der Waals surface area contributed by atoms with Gasteiger partial charge in [-0.05, 0) is 24.7 Å². The van der Waals surface area contributed by atoms with Crippen molar-refractivity contribution in [1.29, 1.82) is 0 Å². The molecule has 0 aliphatic heterocycles. The molecule has 0 fully saturated rings. The largest absolute Gasteiger partial charge is 0.308 e. The lowest BCUT2D eigenvalue weighted by Crippen LogP contribution is -2.23. The lowest BCUT2D eigenvalue weighted by atomic mass is 10.2. The van der Waals surface area contributed by atoms with E-state index in [0.717, 1.165) is 27.9 Å². The molecule has 0 spiro atoms. The average molecular weight is 296 g/mol. The highest BCUT2D eigenvalue weighted by molar-refractivity contribution is 7.99. The molecular weight excluding hydrogens is 278 g/mol. The van der Waals surface area contributed by atoms with E-state index in [4.69, 9.17) is 11.6 Å². The molecule has 0 aliphatic rings. The maximum atomic E-state index is 6.17. The normalized spacial score (nSPS) is 12.6. The summed E-state index contributed by atoms with van der Waals surface area (Å²) in [5, 5.41) is 8.74. The molecule has 1 N–H and O–H groups in total. The second kappa shape index (κ2) is 6.98. The molecule has 0 bridgehead atoms. The fraction of sp³-hybridized carbons (Fsp3) is 0.357. The van der Waals surface area contributed by atoms with Gasteiger partial charge in [-0.2, -0.15) is 5.10 Å². The summed E-state index contributed by atoms with van der Waals surface area (Å²) in [6.45, 7) is 3.03. The van der Waals surface area contributed by atoms with E-state index >= 15 is 0 Å². The van der Waals surface area contributed by atoms with Gasteiger partial charge in [0.25, 0.3) is 0 Å². The number of thioether (sulfide) groups is 1. The predicted molar refractivity (Wildman–Crippen MR) is 81.8 cm³/mol. The summed E-state index contributed by atoms with van der Waals surface area (Å²) in [5.74, 6) is 0.911. The van der Waals surface area contributed by atoms with E-state index in [1.54, 1.807) is 11.8 Å². The lowest BCUT2D eigenvalue weighted by molar-refractivity contribution is 0.578. The highest BCUT2D eigenvalue weighted by atomic mass is 35.5. The number of benzene rings is 1. The fourth-order valence-corrected chi connectivity index (χ4v) is 3.16. The molecule has 1 atom stereocenters. The summed E-state index contributed by atoms with van der Waals surface area (Å²) in [4.78, 5) is 1.11. The highest BCUT2D eigenvalue weighted by Crippen LogP contribution is 2.29. The van der Waals surface area contributed by atoms with Crippen molar-refractivity contribution >= 4 is 23.4 Å². The van der Waals surface area contributed by atoms with Gasteiger partial charge in [0.15, 0.2) is 0 Å². The number of halogens is 1. The van der Waals surface area contributed by atoms with Crippen molar-refractivity contribution in [3.8, 4) is 0 Å². The van der Waals surface area contributed by atoms with Crippen molar-refractivity contribution in [2.75, 3.05) is 12.3 Å². The van der Waals surface area contributed by atoms with Crippen LogP contribution < -0.4 is 5.32 Å². The minimum absolute atomic E-state index is 0.243. The van der Waals surface area contributed by atoms with Gasteiger partial charge < -0.3 is 5.32 Å². The Morgan fingerprint density at radius 3 is 2.79 bits per heavy atom. The van der Waals surface area contributed by atoms with Crippen LogP contribution in [0.3, 0.4) is 0 Å². The standard InChI is InChI=1S/C14H18ClN3S/c1-3-16-13(12-8-9-18(2)17-12)10-19-14-7-5-4-6-11(14)15/h4-9,13,16H,3,10H2,1-2H3. The second-order valence-electron chi connectivity index (χ2n) is 4.27. The maximum absolute atomic E-state index is 6.17. The highest BCUT2D eigenvalue weighted by Gasteiger charge is 2.14. The third-order valence-corrected chi connectivity index (χ3v) is 4.39. The van der Waals surface area contributed by atoms with Crippen molar-refractivity contribution in [2.24, 2.45) is 7.05 Å². The van der Waals surface area contributed by atoms with Crippen LogP contribution in [0.4, 0.5) is 0 Å². The predicted octanol–water partition coefficient (Wildman–Crippen LogP) is 3.52. The number of nitrogens with one attached hydrogen (secondary N) is 1. The first-order valence-corrected chi connectivity index (χ1v) is 7.67. The third kappa shape index (κ3) is 4.00. The van der Waals surface area contributed by atoms with E-state index in [9.17, 15) is 0 Å². The van der Waals surface area contributed by atoms with Crippen molar-refractivity contribution in [1.82, 2.24) is 15.1 Å². The van der Waals surface area contributed by atoms with Gasteiger partial charge in [-0.1, -0.05) is 30.7 Å². The Bertz CT molecular complexity index is 527. The number of hydrogen-bond donors (Lipinski definition) is 1. The van der Waals surface area contributed by atoms with Gasteiger partial charge >= 0.3 is 0 Å². The topological polar surface area (TPSA) is 29.9 Å². The molecule has 0 saturated heterocycles. The van der Waals surface area contributed by atoms with Gasteiger partial charge in [-0.3, -0.25) is 4.68 Å². The van der Waals surface area contributed by atoms with Gasteiger partial charge in [-0.15, -0.1) is 11.8 Å². The number of rotatable bonds is 6. The molecule has 1 heterocycles. The number of aromatic nitrogens is 2. The SMILES string of the molecule is CCNC(CSc1ccccc1Cl)c1ccn(C)n1. The zero-order chi connectivity index (χ0) is 13.7. The molecule has 0 amide bonds. The lowest BCUT2D eigenvalue weighted by Gasteiger charge is -2.15. The van der Waals surface area contributed by atoms with E-state index < -0.39 is 0 Å². The van der Waals surface area contributed by atoms with Crippen LogP contribution >= 0.6 is 23.4 Å². The Hall–Kier alpha value is -0.970. The molecule has 5 heteroatoms. The Balaban J connectivity index is 2.03. The summed E-state index contributed by atoms with van der Waals surface area (Å²) in [7, 11) is 1.94. The van der Waals surface area contributed by atoms with E-state index in [1.807, 2.05) is 36.1 Å². The van der Waals surface area contributed by atoms with Crippen molar-refractivity contribution in [2.45, 2.75) is 17.9 Å². The molecule has 2 aromatic rings. The summed E-state index contributed by atoms with van der Waals surface area (Å²) in [5.41, 5.74) is 1.07. The van der Waals surface area contributed by atoms with Crippen LogP contribution in [0.15, 0.2) is 41.4 Å². The first kappa shape index (κ1) is 14.4. The van der Waals surface area contributed by atoms with E-state index in [1.165, 1.54) is 0 Å². The molecular formula is C14H18ClN3S. The third-order valence-electron chi connectivity index (χ3n) is 2.78. The van der Waals surface area contributed by atoms with Crippen LogP contribution in [0.1, 0.15) is 18.7 Å². The van der Waals surface area contributed by atoms with Crippen molar-refractivity contribution in [3.05, 3.63) is 47.2 Å². The number of nitrogens with zero attached hydrogens (tertiary/aromatic N) is 2. The summed E-state index contributed by atoms with van der Waals surface area (Å²) in [6.07, 6.45) is 1.97. The number of hydrogen-bond acceptors (Lipinski definition) is 3. The Morgan fingerprint density at radius 2 is 2.16 bits per heavy atom. The van der Waals surface area contributed by atoms with Crippen LogP contribution in [0.25, 0.3) is 0 Å². The first-order chi connectivity index (χ1) is 9.20. The quantitative estimate of drug-likeness (QED) is 0.827. The van der Waals surface area contributed by atoms with Gasteiger partial charge in [0.1, 0.15) is 0 Å². The molecule has 102 valence electrons. The van der Waals surface area contributed by atoms with Crippen LogP contribution in [0.5, 0.6) is 0 Å². The van der Waals surface area contributed by atoms with Crippen molar-refractivity contribution in [3.63, 3.8) is 0 Å². The molecule has 0 radical (unpaired) electrons. The Labute approximate surface area is 123 Å². The fourth-order valence-electron chi connectivity index (χ4n) is 1.85. The molecule has 0 saturated carbocycles. The monoisotopic (exact) mass is 295 g/mol. The Kier molecular flexibility index (Phi) is 5.31. The zero-order valence-electron chi connectivity index (χ0n) is 11.1. The smallest absolute Gasteiger partial charge is 0.0802 e. The molecule has 2 rings (SSSR count). The van der Waals surface area contributed by atoms with Crippen molar-refractivity contribution < 1.29 is 0 Å². The maximum Gasteiger partial charge on any atom is 0.0802 e. The van der Waals surface area contributed by atoms with Gasteiger partial charge in [0.05, 0.1) is 16.8 Å². The summed E-state index contributed by atoms with van der Waals surface area (Å²) >= 11 is 7.93. The van der Waals surface area contributed by atoms with Crippen LogP contribution in [0, 0.1) is 0 Å². The zero-order valence-corrected chi connectivity index (χ0v) is 12.7. The molecule has 19 heavy (non-hydrogen) atoms. The van der Waals surface area contributed by atoms with Crippen LogP contribution in [0.2, 0.25) is 5.02 Å². The van der Waals surface area contributed by atoms with Gasteiger partial charge in [0, 0.05) is 23.9 Å². The Morgan fingerprint density at radius 1 is 1.37 bits per heavy atom. The van der Waals surface area contributed by atoms with Crippen LogP contribution in [-0.4, -0.2) is 22.1 Å². The van der Waals surface area contributed by atoms with Gasteiger partial charge in [0.2, 0.25) is 0 Å². The minimum atomic E-state index is 0.243. The average Bonchev–Trinajstić information content (AvgIpc) is 2.83. The van der Waals surface area contributed by atoms with E-state index in [0.29, 0.717) is 0 Å². The second-order valence-corrected chi connectivity index (χ2v) is 5.73. The molecule has 1 aromatic carbocycles. The number of aryl methyl sites for hydroxylation is 1. The molecule has 1 aromatic heterocycles. The van der Waals surface area contributed by atoms with Crippen LogP contribution in [-0.2, 0) is 7.05 Å². The molecule has 1 unspecified atom stereocenters. The van der Waals surface area contributed by atoms with Gasteiger partial charge in [-0.25, -0.2) is 0 Å².